The highest BCUT2D eigenvalue weighted by atomic mass is 32.2. The van der Waals surface area contributed by atoms with Crippen LogP contribution in [0.4, 0.5) is 0 Å². The van der Waals surface area contributed by atoms with E-state index in [1.54, 1.807) is 23.2 Å². The Hall–Kier alpha value is -1.76. The van der Waals surface area contributed by atoms with E-state index in [1.165, 1.54) is 25.0 Å². The molecule has 0 radical (unpaired) electrons. The maximum atomic E-state index is 12.0. The summed E-state index contributed by atoms with van der Waals surface area (Å²) in [5.74, 6) is 0. The first-order valence-corrected chi connectivity index (χ1v) is 11.1. The smallest absolute Gasteiger partial charge is 0.259 e. The van der Waals surface area contributed by atoms with E-state index in [1.807, 2.05) is 0 Å². The van der Waals surface area contributed by atoms with E-state index in [0.717, 1.165) is 12.8 Å². The summed E-state index contributed by atoms with van der Waals surface area (Å²) in [5, 5.41) is 0.00727. The lowest BCUT2D eigenvalue weighted by molar-refractivity contribution is 0.560. The van der Waals surface area contributed by atoms with Gasteiger partial charge in [0.2, 0.25) is 0 Å². The molecular formula is C14H24N6O4S2. The number of nitrogens with one attached hydrogen (secondary N) is 2. The van der Waals surface area contributed by atoms with Crippen LogP contribution in [-0.2, 0) is 34.1 Å². The standard InChI is InChI=1S/C14H24N6O4S2/c1-19-9-13(15-11-19)25(21,22)17-7-5-3-4-6-8-18-26(23,24)14-10-20(2)12-16-14/h9-12,17-18H,3-8H2,1-2H3. The van der Waals surface area contributed by atoms with Gasteiger partial charge in [-0.25, -0.2) is 36.2 Å². The van der Waals surface area contributed by atoms with Gasteiger partial charge in [0.05, 0.1) is 12.7 Å². The molecule has 26 heavy (non-hydrogen) atoms. The topological polar surface area (TPSA) is 128 Å². The molecule has 0 amide bonds. The highest BCUT2D eigenvalue weighted by Gasteiger charge is 2.17. The van der Waals surface area contributed by atoms with Gasteiger partial charge in [0, 0.05) is 39.6 Å². The van der Waals surface area contributed by atoms with Gasteiger partial charge < -0.3 is 9.13 Å². The Bertz CT molecular complexity index is 841. The first kappa shape index (κ1) is 20.6. The summed E-state index contributed by atoms with van der Waals surface area (Å²) in [4.78, 5) is 7.63. The van der Waals surface area contributed by atoms with Gasteiger partial charge in [-0.05, 0) is 12.8 Å². The van der Waals surface area contributed by atoms with E-state index in [0.29, 0.717) is 25.9 Å². The maximum Gasteiger partial charge on any atom is 0.259 e. The van der Waals surface area contributed by atoms with Crippen LogP contribution in [0.15, 0.2) is 35.1 Å². The lowest BCUT2D eigenvalue weighted by Crippen LogP contribution is -2.26. The van der Waals surface area contributed by atoms with Crippen molar-refractivity contribution in [1.29, 1.82) is 0 Å². The van der Waals surface area contributed by atoms with E-state index in [2.05, 4.69) is 19.4 Å². The van der Waals surface area contributed by atoms with Crippen molar-refractivity contribution >= 4 is 20.0 Å². The number of unbranched alkanes of at least 4 members (excludes halogenated alkanes) is 3. The van der Waals surface area contributed by atoms with Crippen molar-refractivity contribution in [1.82, 2.24) is 28.5 Å². The van der Waals surface area contributed by atoms with Crippen LogP contribution in [0.5, 0.6) is 0 Å². The lowest BCUT2D eigenvalue weighted by Gasteiger charge is -2.05. The molecule has 12 heteroatoms. The molecule has 2 aromatic heterocycles. The highest BCUT2D eigenvalue weighted by molar-refractivity contribution is 7.89. The molecule has 0 saturated heterocycles. The summed E-state index contributed by atoms with van der Waals surface area (Å²) < 4.78 is 56.0. The number of aromatic nitrogens is 4. The zero-order valence-corrected chi connectivity index (χ0v) is 16.4. The second-order valence-corrected chi connectivity index (χ2v) is 9.39. The van der Waals surface area contributed by atoms with Gasteiger partial charge >= 0.3 is 0 Å². The van der Waals surface area contributed by atoms with Crippen molar-refractivity contribution in [2.24, 2.45) is 14.1 Å². The molecular weight excluding hydrogens is 380 g/mol. The van der Waals surface area contributed by atoms with Crippen LogP contribution in [0, 0.1) is 0 Å². The van der Waals surface area contributed by atoms with Gasteiger partial charge in [-0.1, -0.05) is 12.8 Å². The minimum atomic E-state index is -3.57. The Morgan fingerprint density at radius 3 is 1.46 bits per heavy atom. The first-order valence-electron chi connectivity index (χ1n) is 8.16. The third kappa shape index (κ3) is 5.90. The summed E-state index contributed by atoms with van der Waals surface area (Å²) >= 11 is 0. The fraction of sp³-hybridized carbons (Fsp3) is 0.571. The highest BCUT2D eigenvalue weighted by Crippen LogP contribution is 2.06. The second-order valence-electron chi connectivity index (χ2n) is 5.96. The Balaban J connectivity index is 1.60. The second kappa shape index (κ2) is 8.75. The molecule has 0 spiro atoms. The summed E-state index contributed by atoms with van der Waals surface area (Å²) in [7, 11) is -3.73. The Morgan fingerprint density at radius 2 is 1.15 bits per heavy atom. The molecule has 0 atom stereocenters. The predicted molar refractivity (Wildman–Crippen MR) is 95.3 cm³/mol. The van der Waals surface area contributed by atoms with Crippen molar-refractivity contribution in [2.75, 3.05) is 13.1 Å². The molecule has 2 heterocycles. The molecule has 10 nitrogen and oxygen atoms in total. The van der Waals surface area contributed by atoms with Crippen LogP contribution in [0.3, 0.4) is 0 Å². The van der Waals surface area contributed by atoms with Crippen LogP contribution in [0.2, 0.25) is 0 Å². The molecule has 2 rings (SSSR count). The van der Waals surface area contributed by atoms with Gasteiger partial charge in [0.15, 0.2) is 10.1 Å². The molecule has 0 bridgehead atoms. The minimum Gasteiger partial charge on any atom is -0.339 e. The molecule has 0 aliphatic heterocycles. The number of imidazole rings is 2. The van der Waals surface area contributed by atoms with Crippen LogP contribution in [0.25, 0.3) is 0 Å². The monoisotopic (exact) mass is 404 g/mol. The zero-order valence-electron chi connectivity index (χ0n) is 14.8. The van der Waals surface area contributed by atoms with Gasteiger partial charge in [-0.15, -0.1) is 0 Å². The van der Waals surface area contributed by atoms with Crippen molar-refractivity contribution in [3.63, 3.8) is 0 Å². The number of sulfonamides is 2. The number of hydrogen-bond donors (Lipinski definition) is 2. The fourth-order valence-electron chi connectivity index (χ4n) is 2.22. The number of rotatable bonds is 11. The lowest BCUT2D eigenvalue weighted by atomic mass is 10.2. The van der Waals surface area contributed by atoms with Crippen LogP contribution in [0.1, 0.15) is 25.7 Å². The van der Waals surface area contributed by atoms with Gasteiger partial charge in [0.25, 0.3) is 20.0 Å². The van der Waals surface area contributed by atoms with Gasteiger partial charge in [0.1, 0.15) is 0 Å². The Labute approximate surface area is 153 Å². The minimum absolute atomic E-state index is 0.00364. The third-order valence-corrected chi connectivity index (χ3v) is 6.29. The molecule has 0 aliphatic carbocycles. The third-order valence-electron chi connectivity index (χ3n) is 3.60. The predicted octanol–water partition coefficient (Wildman–Crippen LogP) is -0.0292. The summed E-state index contributed by atoms with van der Waals surface area (Å²) in [6.07, 6.45) is 8.65. The molecule has 0 fully saturated rings. The normalized spacial score (nSPS) is 12.5. The molecule has 2 N–H and O–H groups in total. The summed E-state index contributed by atoms with van der Waals surface area (Å²) in [5.41, 5.74) is 0. The number of aryl methyl sites for hydroxylation is 2. The SMILES string of the molecule is Cn1cnc(S(=O)(=O)NCCCCCCNS(=O)(=O)c2cn(C)cn2)c1. The summed E-state index contributed by atoms with van der Waals surface area (Å²) in [6, 6.07) is 0. The van der Waals surface area contributed by atoms with Crippen LogP contribution >= 0.6 is 0 Å². The Kier molecular flexibility index (Phi) is 6.92. The zero-order chi connectivity index (χ0) is 19.2. The van der Waals surface area contributed by atoms with Crippen LogP contribution in [-0.4, -0.2) is 49.0 Å². The van der Waals surface area contributed by atoms with E-state index >= 15 is 0 Å². The van der Waals surface area contributed by atoms with Crippen molar-refractivity contribution in [3.8, 4) is 0 Å². The van der Waals surface area contributed by atoms with E-state index in [9.17, 15) is 16.8 Å². The van der Waals surface area contributed by atoms with Crippen molar-refractivity contribution < 1.29 is 16.8 Å². The van der Waals surface area contributed by atoms with Crippen LogP contribution < -0.4 is 9.44 Å². The largest absolute Gasteiger partial charge is 0.339 e. The van der Waals surface area contributed by atoms with E-state index in [-0.39, 0.29) is 10.1 Å². The molecule has 146 valence electrons. The van der Waals surface area contributed by atoms with Gasteiger partial charge in [-0.3, -0.25) is 0 Å². The Morgan fingerprint density at radius 1 is 0.769 bits per heavy atom. The quantitative estimate of drug-likeness (QED) is 0.506. The van der Waals surface area contributed by atoms with Gasteiger partial charge in [-0.2, -0.15) is 0 Å². The van der Waals surface area contributed by atoms with E-state index < -0.39 is 20.0 Å². The van der Waals surface area contributed by atoms with E-state index in [4.69, 9.17) is 0 Å². The molecule has 0 saturated carbocycles. The average molecular weight is 405 g/mol. The number of nitrogens with zero attached hydrogens (tertiary/aromatic N) is 4. The molecule has 0 unspecified atom stereocenters. The number of hydrogen-bond acceptors (Lipinski definition) is 6. The molecule has 2 aromatic rings. The molecule has 0 aliphatic rings. The first-order chi connectivity index (χ1) is 12.2. The maximum absolute atomic E-state index is 12.0. The van der Waals surface area contributed by atoms with Crippen molar-refractivity contribution in [2.45, 2.75) is 35.7 Å². The average Bonchev–Trinajstić information content (AvgIpc) is 3.19. The fourth-order valence-corrected chi connectivity index (χ4v) is 4.32. The van der Waals surface area contributed by atoms with Crippen molar-refractivity contribution in [3.05, 3.63) is 25.0 Å². The molecule has 0 aromatic carbocycles. The summed E-state index contributed by atoms with van der Waals surface area (Å²) in [6.45, 7) is 0.636.